The maximum absolute atomic E-state index is 13.0. The first-order valence-electron chi connectivity index (χ1n) is 8.05. The van der Waals surface area contributed by atoms with Crippen molar-refractivity contribution in [2.45, 2.75) is 37.6 Å². The number of anilines is 1. The minimum absolute atomic E-state index is 0.317. The summed E-state index contributed by atoms with van der Waals surface area (Å²) < 4.78 is 13.0. The third kappa shape index (κ3) is 2.86. The number of amides is 2. The second-order valence-corrected chi connectivity index (χ2v) is 6.39. The van der Waals surface area contributed by atoms with Crippen molar-refractivity contribution in [2.75, 3.05) is 11.4 Å². The molecule has 1 aromatic rings. The van der Waals surface area contributed by atoms with E-state index in [1.165, 1.54) is 29.2 Å². The Bertz CT molecular complexity index is 668. The third-order valence-corrected chi connectivity index (χ3v) is 4.89. The van der Waals surface area contributed by atoms with Crippen molar-refractivity contribution in [3.05, 3.63) is 30.1 Å². The number of carbonyl (C=O) groups is 3. The zero-order valence-corrected chi connectivity index (χ0v) is 13.1. The lowest BCUT2D eigenvalue weighted by Gasteiger charge is -2.26. The van der Waals surface area contributed by atoms with Crippen molar-refractivity contribution in [1.29, 1.82) is 0 Å². The van der Waals surface area contributed by atoms with Gasteiger partial charge in [0.25, 0.3) is 0 Å². The summed E-state index contributed by atoms with van der Waals surface area (Å²) in [5.41, 5.74) is -0.716. The van der Waals surface area contributed by atoms with Crippen molar-refractivity contribution in [2.24, 2.45) is 5.92 Å². The Morgan fingerprint density at radius 3 is 2.42 bits per heavy atom. The van der Waals surface area contributed by atoms with Gasteiger partial charge in [0.2, 0.25) is 11.8 Å². The van der Waals surface area contributed by atoms with E-state index in [4.69, 9.17) is 0 Å². The number of halogens is 1. The normalized spacial score (nSPS) is 22.6. The molecular formula is C17H19FN2O4. The first kappa shape index (κ1) is 16.4. The van der Waals surface area contributed by atoms with E-state index in [2.05, 4.69) is 5.32 Å². The van der Waals surface area contributed by atoms with E-state index in [-0.39, 0.29) is 5.91 Å². The van der Waals surface area contributed by atoms with E-state index in [9.17, 15) is 23.9 Å². The molecular weight excluding hydrogens is 315 g/mol. The number of nitrogens with one attached hydrogen (secondary N) is 1. The monoisotopic (exact) mass is 334 g/mol. The molecule has 128 valence electrons. The van der Waals surface area contributed by atoms with E-state index in [0.29, 0.717) is 31.5 Å². The van der Waals surface area contributed by atoms with Crippen LogP contribution in [0.2, 0.25) is 0 Å². The van der Waals surface area contributed by atoms with Crippen molar-refractivity contribution >= 4 is 23.5 Å². The lowest BCUT2D eigenvalue weighted by molar-refractivity contribution is -0.148. The van der Waals surface area contributed by atoms with Crippen LogP contribution in [-0.2, 0) is 14.4 Å². The van der Waals surface area contributed by atoms with Gasteiger partial charge in [0.1, 0.15) is 17.3 Å². The van der Waals surface area contributed by atoms with Gasteiger partial charge in [0.05, 0.1) is 0 Å². The van der Waals surface area contributed by atoms with Gasteiger partial charge < -0.3 is 15.3 Å². The fraction of sp³-hybridized carbons (Fsp3) is 0.471. The fourth-order valence-corrected chi connectivity index (χ4v) is 3.49. The molecule has 3 rings (SSSR count). The molecule has 0 aromatic heterocycles. The molecule has 1 atom stereocenters. The summed E-state index contributed by atoms with van der Waals surface area (Å²) in [6.45, 7) is 0.350. The molecule has 1 saturated heterocycles. The van der Waals surface area contributed by atoms with Crippen LogP contribution in [-0.4, -0.2) is 35.0 Å². The van der Waals surface area contributed by atoms with Gasteiger partial charge in [-0.25, -0.2) is 9.18 Å². The highest BCUT2D eigenvalue weighted by molar-refractivity contribution is 6.10. The molecule has 7 heteroatoms. The number of hydrogen-bond acceptors (Lipinski definition) is 3. The molecule has 1 heterocycles. The molecule has 1 aliphatic heterocycles. The molecule has 1 unspecified atom stereocenters. The van der Waals surface area contributed by atoms with Crippen LogP contribution >= 0.6 is 0 Å². The average molecular weight is 334 g/mol. The number of nitrogens with zero attached hydrogens (tertiary/aromatic N) is 1. The summed E-state index contributed by atoms with van der Waals surface area (Å²) in [7, 11) is 0. The van der Waals surface area contributed by atoms with Gasteiger partial charge in [-0.1, -0.05) is 12.8 Å². The van der Waals surface area contributed by atoms with E-state index in [1.807, 2.05) is 0 Å². The quantitative estimate of drug-likeness (QED) is 0.821. The Kier molecular flexibility index (Phi) is 4.26. The molecule has 0 bridgehead atoms. The second kappa shape index (κ2) is 6.22. The first-order valence-corrected chi connectivity index (χ1v) is 8.05. The summed E-state index contributed by atoms with van der Waals surface area (Å²) in [6.07, 6.45) is 2.57. The van der Waals surface area contributed by atoms with Gasteiger partial charge in [-0.2, -0.15) is 0 Å². The maximum Gasteiger partial charge on any atom is 0.329 e. The number of aliphatic carboxylic acids is 1. The Morgan fingerprint density at radius 2 is 1.83 bits per heavy atom. The fourth-order valence-electron chi connectivity index (χ4n) is 3.49. The number of benzene rings is 1. The number of carboxylic acids is 1. The van der Waals surface area contributed by atoms with Gasteiger partial charge in [0.15, 0.2) is 0 Å². The Labute approximate surface area is 138 Å². The van der Waals surface area contributed by atoms with E-state index in [1.54, 1.807) is 0 Å². The minimum atomic E-state index is -1.25. The average Bonchev–Trinajstić information content (AvgIpc) is 3.16. The van der Waals surface area contributed by atoms with Crippen LogP contribution in [0.5, 0.6) is 0 Å². The SMILES string of the molecule is O=C(NC1(C(=O)O)CCCC1)C1CCN(c2ccc(F)cc2)C1=O. The molecule has 2 fully saturated rings. The van der Waals surface area contributed by atoms with Crippen LogP contribution in [0.1, 0.15) is 32.1 Å². The lowest BCUT2D eigenvalue weighted by Crippen LogP contribution is -2.54. The molecule has 2 N–H and O–H groups in total. The zero-order valence-electron chi connectivity index (χ0n) is 13.1. The van der Waals surface area contributed by atoms with Crippen LogP contribution < -0.4 is 10.2 Å². The Hall–Kier alpha value is -2.44. The minimum Gasteiger partial charge on any atom is -0.480 e. The molecule has 1 saturated carbocycles. The summed E-state index contributed by atoms with van der Waals surface area (Å²) in [5, 5.41) is 12.0. The first-order chi connectivity index (χ1) is 11.4. The number of hydrogen-bond donors (Lipinski definition) is 2. The highest BCUT2D eigenvalue weighted by Crippen LogP contribution is 2.32. The molecule has 2 amide bonds. The van der Waals surface area contributed by atoms with Gasteiger partial charge in [-0.15, -0.1) is 0 Å². The molecule has 2 aliphatic rings. The molecule has 0 spiro atoms. The molecule has 0 radical (unpaired) electrons. The topological polar surface area (TPSA) is 86.7 Å². The van der Waals surface area contributed by atoms with Crippen molar-refractivity contribution in [3.63, 3.8) is 0 Å². The summed E-state index contributed by atoms with van der Waals surface area (Å²) in [5.74, 6) is -3.25. The van der Waals surface area contributed by atoms with Crippen LogP contribution in [0, 0.1) is 11.7 Å². The van der Waals surface area contributed by atoms with Gasteiger partial charge in [-0.05, 0) is 43.5 Å². The van der Waals surface area contributed by atoms with Crippen LogP contribution in [0.15, 0.2) is 24.3 Å². The van der Waals surface area contributed by atoms with E-state index >= 15 is 0 Å². The highest BCUT2D eigenvalue weighted by Gasteiger charge is 2.46. The van der Waals surface area contributed by atoms with Crippen molar-refractivity contribution in [3.8, 4) is 0 Å². The van der Waals surface area contributed by atoms with Crippen LogP contribution in [0.3, 0.4) is 0 Å². The van der Waals surface area contributed by atoms with Gasteiger partial charge >= 0.3 is 5.97 Å². The number of rotatable bonds is 4. The molecule has 1 aromatic carbocycles. The predicted molar refractivity (Wildman–Crippen MR) is 83.8 cm³/mol. The van der Waals surface area contributed by atoms with Crippen molar-refractivity contribution < 1.29 is 23.9 Å². The standard InChI is InChI=1S/C17H19FN2O4/c18-11-3-5-12(6-4-11)20-10-7-13(15(20)22)14(21)19-17(16(23)24)8-1-2-9-17/h3-6,13H,1-2,7-10H2,(H,19,21)(H,23,24). The number of carboxylic acid groups (broad SMARTS) is 1. The third-order valence-electron chi connectivity index (χ3n) is 4.89. The summed E-state index contributed by atoms with van der Waals surface area (Å²) >= 11 is 0. The summed E-state index contributed by atoms with van der Waals surface area (Å²) in [4.78, 5) is 37.9. The van der Waals surface area contributed by atoms with Gasteiger partial charge in [-0.3, -0.25) is 9.59 Å². The maximum atomic E-state index is 13.0. The highest BCUT2D eigenvalue weighted by atomic mass is 19.1. The van der Waals surface area contributed by atoms with Crippen LogP contribution in [0.4, 0.5) is 10.1 Å². The largest absolute Gasteiger partial charge is 0.480 e. The molecule has 6 nitrogen and oxygen atoms in total. The lowest BCUT2D eigenvalue weighted by atomic mass is 9.96. The molecule has 1 aliphatic carbocycles. The van der Waals surface area contributed by atoms with E-state index < -0.39 is 29.2 Å². The second-order valence-electron chi connectivity index (χ2n) is 6.39. The van der Waals surface area contributed by atoms with Gasteiger partial charge in [0, 0.05) is 12.2 Å². The number of carbonyl (C=O) groups excluding carboxylic acids is 2. The van der Waals surface area contributed by atoms with Crippen molar-refractivity contribution in [1.82, 2.24) is 5.32 Å². The van der Waals surface area contributed by atoms with Crippen LogP contribution in [0.25, 0.3) is 0 Å². The Balaban J connectivity index is 1.71. The van der Waals surface area contributed by atoms with E-state index in [0.717, 1.165) is 12.8 Å². The smallest absolute Gasteiger partial charge is 0.329 e. The predicted octanol–water partition coefficient (Wildman–Crippen LogP) is 1.69. The molecule has 24 heavy (non-hydrogen) atoms. The Morgan fingerprint density at radius 1 is 1.21 bits per heavy atom. The zero-order chi connectivity index (χ0) is 17.3. The summed E-state index contributed by atoms with van der Waals surface area (Å²) in [6, 6.07) is 5.49.